The predicted octanol–water partition coefficient (Wildman–Crippen LogP) is 1.99. The third-order valence-electron chi connectivity index (χ3n) is 0.909. The summed E-state index contributed by atoms with van der Waals surface area (Å²) in [4.78, 5) is 0. The number of hydrogen-bond donors (Lipinski definition) is 0. The van der Waals surface area contributed by atoms with Crippen molar-refractivity contribution in [3.8, 4) is 11.8 Å². The molecular formula is C9H14O. The zero-order chi connectivity index (χ0) is 7.66. The van der Waals surface area contributed by atoms with Crippen LogP contribution in [0.25, 0.3) is 0 Å². The molecule has 0 aliphatic heterocycles. The summed E-state index contributed by atoms with van der Waals surface area (Å²) >= 11 is 0. The highest BCUT2D eigenvalue weighted by molar-refractivity contribution is 4.97. The monoisotopic (exact) mass is 138 g/mol. The maximum Gasteiger partial charge on any atom is 0.0645 e. The molecule has 0 saturated heterocycles. The molecule has 0 aliphatic carbocycles. The molecule has 10 heavy (non-hydrogen) atoms. The third-order valence-corrected chi connectivity index (χ3v) is 0.909. The second-order valence-electron chi connectivity index (χ2n) is 1.82. The molecule has 0 unspecified atom stereocenters. The minimum Gasteiger partial charge on any atom is -0.376 e. The van der Waals surface area contributed by atoms with Gasteiger partial charge in [-0.25, -0.2) is 0 Å². The van der Waals surface area contributed by atoms with Gasteiger partial charge in [-0.15, -0.1) is 18.4 Å². The fraction of sp³-hybridized carbons (Fsp3) is 0.556. The molecule has 0 aromatic carbocycles. The van der Waals surface area contributed by atoms with Crippen molar-refractivity contribution in [1.82, 2.24) is 0 Å². The van der Waals surface area contributed by atoms with Gasteiger partial charge < -0.3 is 4.74 Å². The van der Waals surface area contributed by atoms with Crippen molar-refractivity contribution < 1.29 is 4.74 Å². The van der Waals surface area contributed by atoms with Crippen molar-refractivity contribution in [2.75, 3.05) is 13.2 Å². The van der Waals surface area contributed by atoms with Gasteiger partial charge in [-0.3, -0.25) is 0 Å². The summed E-state index contributed by atoms with van der Waals surface area (Å²) in [6.07, 6.45) is 3.51. The first-order valence-electron chi connectivity index (χ1n) is 3.56. The quantitative estimate of drug-likeness (QED) is 0.328. The van der Waals surface area contributed by atoms with Crippen LogP contribution in [0, 0.1) is 11.8 Å². The average Bonchev–Trinajstić information content (AvgIpc) is 1.97. The molecule has 0 heterocycles. The van der Waals surface area contributed by atoms with Crippen molar-refractivity contribution in [1.29, 1.82) is 0 Å². The number of rotatable bonds is 4. The highest BCUT2D eigenvalue weighted by atomic mass is 16.5. The summed E-state index contributed by atoms with van der Waals surface area (Å²) < 4.78 is 5.11. The summed E-state index contributed by atoms with van der Waals surface area (Å²) in [6.45, 7) is 6.93. The SMILES string of the molecule is C=CCOCCC#CCC. The van der Waals surface area contributed by atoms with Crippen LogP contribution in [-0.4, -0.2) is 13.2 Å². The normalized spacial score (nSPS) is 8.10. The molecule has 0 spiro atoms. The van der Waals surface area contributed by atoms with E-state index in [2.05, 4.69) is 18.4 Å². The van der Waals surface area contributed by atoms with Gasteiger partial charge in [0.1, 0.15) is 0 Å². The van der Waals surface area contributed by atoms with Crippen LogP contribution in [0.3, 0.4) is 0 Å². The molecule has 56 valence electrons. The Morgan fingerprint density at radius 1 is 1.50 bits per heavy atom. The Bertz CT molecular complexity index is 127. The van der Waals surface area contributed by atoms with Crippen LogP contribution in [-0.2, 0) is 4.74 Å². The lowest BCUT2D eigenvalue weighted by molar-refractivity contribution is 0.169. The first-order valence-corrected chi connectivity index (χ1v) is 3.56. The lowest BCUT2D eigenvalue weighted by Gasteiger charge is -1.93. The fourth-order valence-corrected chi connectivity index (χ4v) is 0.503. The van der Waals surface area contributed by atoms with Crippen LogP contribution in [0.4, 0.5) is 0 Å². The minimum absolute atomic E-state index is 0.633. The van der Waals surface area contributed by atoms with E-state index in [9.17, 15) is 0 Å². The Hall–Kier alpha value is -0.740. The van der Waals surface area contributed by atoms with Crippen molar-refractivity contribution >= 4 is 0 Å². The molecule has 1 nitrogen and oxygen atoms in total. The molecule has 0 aromatic heterocycles. The summed E-state index contributed by atoms with van der Waals surface area (Å²) in [5.74, 6) is 5.95. The smallest absolute Gasteiger partial charge is 0.0645 e. The van der Waals surface area contributed by atoms with Gasteiger partial charge in [-0.05, 0) is 0 Å². The Balaban J connectivity index is 2.97. The summed E-state index contributed by atoms with van der Waals surface area (Å²) in [5.41, 5.74) is 0. The molecule has 0 radical (unpaired) electrons. The van der Waals surface area contributed by atoms with Crippen molar-refractivity contribution in [3.05, 3.63) is 12.7 Å². The van der Waals surface area contributed by atoms with Crippen molar-refractivity contribution in [2.45, 2.75) is 19.8 Å². The van der Waals surface area contributed by atoms with E-state index in [1.54, 1.807) is 6.08 Å². The van der Waals surface area contributed by atoms with Gasteiger partial charge >= 0.3 is 0 Å². The molecule has 0 amide bonds. The van der Waals surface area contributed by atoms with E-state index >= 15 is 0 Å². The summed E-state index contributed by atoms with van der Waals surface area (Å²) in [6, 6.07) is 0. The molecule has 0 rings (SSSR count). The van der Waals surface area contributed by atoms with Crippen LogP contribution >= 0.6 is 0 Å². The van der Waals surface area contributed by atoms with E-state index in [0.29, 0.717) is 6.61 Å². The van der Waals surface area contributed by atoms with Gasteiger partial charge in [0.05, 0.1) is 13.2 Å². The van der Waals surface area contributed by atoms with Gasteiger partial charge in [0.15, 0.2) is 0 Å². The van der Waals surface area contributed by atoms with E-state index in [-0.39, 0.29) is 0 Å². The maximum absolute atomic E-state index is 5.11. The summed E-state index contributed by atoms with van der Waals surface area (Å²) in [5, 5.41) is 0. The second kappa shape index (κ2) is 8.26. The highest BCUT2D eigenvalue weighted by Crippen LogP contribution is 1.80. The van der Waals surface area contributed by atoms with E-state index in [1.807, 2.05) is 6.92 Å². The highest BCUT2D eigenvalue weighted by Gasteiger charge is 1.78. The topological polar surface area (TPSA) is 9.23 Å². The molecule has 0 aliphatic rings. The van der Waals surface area contributed by atoms with Crippen LogP contribution < -0.4 is 0 Å². The van der Waals surface area contributed by atoms with Gasteiger partial charge in [-0.1, -0.05) is 13.0 Å². The molecular weight excluding hydrogens is 124 g/mol. The Kier molecular flexibility index (Phi) is 7.65. The van der Waals surface area contributed by atoms with Crippen LogP contribution in [0.2, 0.25) is 0 Å². The molecule has 0 N–H and O–H groups in total. The number of ether oxygens (including phenoxy) is 1. The maximum atomic E-state index is 5.11. The number of hydrogen-bond acceptors (Lipinski definition) is 1. The summed E-state index contributed by atoms with van der Waals surface area (Å²) in [7, 11) is 0. The van der Waals surface area contributed by atoms with Gasteiger partial charge in [0.25, 0.3) is 0 Å². The lowest BCUT2D eigenvalue weighted by atomic mass is 10.4. The molecule has 0 bridgehead atoms. The first kappa shape index (κ1) is 9.26. The zero-order valence-electron chi connectivity index (χ0n) is 6.52. The average molecular weight is 138 g/mol. The van der Waals surface area contributed by atoms with Crippen molar-refractivity contribution in [2.24, 2.45) is 0 Å². The molecule has 1 heteroatoms. The van der Waals surface area contributed by atoms with Crippen LogP contribution in [0.5, 0.6) is 0 Å². The van der Waals surface area contributed by atoms with Gasteiger partial charge in [-0.2, -0.15) is 0 Å². The van der Waals surface area contributed by atoms with E-state index in [0.717, 1.165) is 19.4 Å². The second-order valence-corrected chi connectivity index (χ2v) is 1.82. The lowest BCUT2D eigenvalue weighted by Crippen LogP contribution is -1.91. The fourth-order valence-electron chi connectivity index (χ4n) is 0.503. The van der Waals surface area contributed by atoms with Gasteiger partial charge in [0.2, 0.25) is 0 Å². The first-order chi connectivity index (χ1) is 4.91. The molecule has 0 atom stereocenters. The van der Waals surface area contributed by atoms with Crippen LogP contribution in [0.1, 0.15) is 19.8 Å². The van der Waals surface area contributed by atoms with E-state index < -0.39 is 0 Å². The Morgan fingerprint density at radius 2 is 2.30 bits per heavy atom. The zero-order valence-corrected chi connectivity index (χ0v) is 6.52. The largest absolute Gasteiger partial charge is 0.376 e. The Labute approximate surface area is 63.1 Å². The van der Waals surface area contributed by atoms with Crippen LogP contribution in [0.15, 0.2) is 12.7 Å². The van der Waals surface area contributed by atoms with Crippen molar-refractivity contribution in [3.63, 3.8) is 0 Å². The van der Waals surface area contributed by atoms with E-state index in [1.165, 1.54) is 0 Å². The predicted molar refractivity (Wildman–Crippen MR) is 43.7 cm³/mol. The molecule has 0 aromatic rings. The molecule has 0 fully saturated rings. The standard InChI is InChI=1S/C9H14O/c1-3-5-6-7-9-10-8-4-2/h4H,2-3,7-9H2,1H3. The van der Waals surface area contributed by atoms with Gasteiger partial charge in [0, 0.05) is 12.8 Å². The minimum atomic E-state index is 0.633. The van der Waals surface area contributed by atoms with E-state index in [4.69, 9.17) is 4.74 Å². The Morgan fingerprint density at radius 3 is 2.90 bits per heavy atom. The third kappa shape index (κ3) is 7.26. The molecule has 0 saturated carbocycles.